The van der Waals surface area contributed by atoms with E-state index in [1.54, 1.807) is 19.1 Å². The summed E-state index contributed by atoms with van der Waals surface area (Å²) in [4.78, 5) is 27.4. The maximum Gasteiger partial charge on any atom is 0.338 e. The first-order chi connectivity index (χ1) is 15.8. The van der Waals surface area contributed by atoms with Gasteiger partial charge in [-0.25, -0.2) is 4.79 Å². The van der Waals surface area contributed by atoms with Gasteiger partial charge >= 0.3 is 5.97 Å². The normalized spacial score (nSPS) is 15.8. The average Bonchev–Trinajstić information content (AvgIpc) is 2.82. The van der Waals surface area contributed by atoms with Crippen molar-refractivity contribution in [3.63, 3.8) is 0 Å². The van der Waals surface area contributed by atoms with Gasteiger partial charge in [0.15, 0.2) is 5.11 Å². The zero-order valence-corrected chi connectivity index (χ0v) is 20.1. The number of hydrogen-bond acceptors (Lipinski definition) is 5. The fourth-order valence-electron chi connectivity index (χ4n) is 3.54. The highest BCUT2D eigenvalue weighted by Gasteiger charge is 2.33. The van der Waals surface area contributed by atoms with E-state index in [9.17, 15) is 9.59 Å². The smallest absolute Gasteiger partial charge is 0.338 e. The minimum atomic E-state index is -0.510. The third-order valence-corrected chi connectivity index (χ3v) is 5.99. The van der Waals surface area contributed by atoms with Crippen LogP contribution in [0.5, 0.6) is 0 Å². The van der Waals surface area contributed by atoms with E-state index in [0.29, 0.717) is 34.2 Å². The summed E-state index contributed by atoms with van der Waals surface area (Å²) in [6, 6.07) is 14.4. The Morgan fingerprint density at radius 2 is 1.88 bits per heavy atom. The predicted molar refractivity (Wildman–Crippen MR) is 132 cm³/mol. The molecule has 2 N–H and O–H groups in total. The molecule has 1 heterocycles. The van der Waals surface area contributed by atoms with E-state index in [4.69, 9.17) is 21.7 Å². The number of amides is 1. The molecular weight excluding hydrogens is 438 g/mol. The highest BCUT2D eigenvalue weighted by molar-refractivity contribution is 7.80. The molecule has 2 aromatic rings. The molecule has 0 spiro atoms. The van der Waals surface area contributed by atoms with Crippen molar-refractivity contribution in [2.24, 2.45) is 0 Å². The number of carbonyl (C=O) groups excluding carboxylic acids is 2. The number of ether oxygens (including phenoxy) is 2. The number of allylic oxidation sites excluding steroid dienone is 1. The number of nitrogens with one attached hydrogen (secondary N) is 2. The van der Waals surface area contributed by atoms with E-state index >= 15 is 0 Å². The van der Waals surface area contributed by atoms with Crippen LogP contribution < -0.4 is 10.6 Å². The van der Waals surface area contributed by atoms with E-state index < -0.39 is 12.0 Å². The summed E-state index contributed by atoms with van der Waals surface area (Å²) < 4.78 is 10.4. The molecule has 1 amide bonds. The van der Waals surface area contributed by atoms with Gasteiger partial charge in [0.1, 0.15) is 6.61 Å². The SMILES string of the molecule is CCc1ccc(C(=O)Nc2cccc([C@H]3NC(=S)N(C)C(C)=C3C(=O)OCCOC)c2)cc1. The minimum absolute atomic E-state index is 0.153. The summed E-state index contributed by atoms with van der Waals surface area (Å²) in [5.41, 5.74) is 4.31. The van der Waals surface area contributed by atoms with Crippen molar-refractivity contribution in [3.8, 4) is 0 Å². The molecule has 0 bridgehead atoms. The molecule has 0 saturated carbocycles. The van der Waals surface area contributed by atoms with Crippen molar-refractivity contribution in [2.75, 3.05) is 32.7 Å². The van der Waals surface area contributed by atoms with Crippen molar-refractivity contribution < 1.29 is 19.1 Å². The Bertz CT molecular complexity index is 1070. The van der Waals surface area contributed by atoms with Gasteiger partial charge in [-0.1, -0.05) is 31.2 Å². The van der Waals surface area contributed by atoms with E-state index in [2.05, 4.69) is 17.6 Å². The van der Waals surface area contributed by atoms with Gasteiger partial charge in [0.05, 0.1) is 18.2 Å². The summed E-state index contributed by atoms with van der Waals surface area (Å²) in [7, 11) is 3.34. The number of methoxy groups -OCH3 is 1. The first-order valence-corrected chi connectivity index (χ1v) is 11.2. The van der Waals surface area contributed by atoms with Crippen LogP contribution >= 0.6 is 12.2 Å². The fourth-order valence-corrected chi connectivity index (χ4v) is 3.79. The van der Waals surface area contributed by atoms with Crippen LogP contribution in [0, 0.1) is 0 Å². The Hall–Kier alpha value is -3.23. The van der Waals surface area contributed by atoms with Crippen molar-refractivity contribution in [1.82, 2.24) is 10.2 Å². The number of hydrogen-bond donors (Lipinski definition) is 2. The Kier molecular flexibility index (Phi) is 8.19. The molecule has 3 rings (SSSR count). The maximum atomic E-state index is 12.9. The van der Waals surface area contributed by atoms with E-state index in [-0.39, 0.29) is 12.5 Å². The van der Waals surface area contributed by atoms with Crippen LogP contribution in [-0.2, 0) is 20.7 Å². The zero-order valence-electron chi connectivity index (χ0n) is 19.3. The molecule has 8 heteroatoms. The van der Waals surface area contributed by atoms with Crippen molar-refractivity contribution in [3.05, 3.63) is 76.5 Å². The third-order valence-electron chi connectivity index (χ3n) is 5.60. The first-order valence-electron chi connectivity index (χ1n) is 10.8. The number of carbonyl (C=O) groups is 2. The molecule has 33 heavy (non-hydrogen) atoms. The number of anilines is 1. The lowest BCUT2D eigenvalue weighted by molar-refractivity contribution is -0.140. The quantitative estimate of drug-likeness (QED) is 0.347. The van der Waals surface area contributed by atoms with Gasteiger partial charge in [0.2, 0.25) is 0 Å². The highest BCUT2D eigenvalue weighted by atomic mass is 32.1. The molecular formula is C25H29N3O4S. The van der Waals surface area contributed by atoms with Gasteiger partial charge in [0, 0.05) is 31.1 Å². The number of benzene rings is 2. The van der Waals surface area contributed by atoms with Crippen molar-refractivity contribution in [1.29, 1.82) is 0 Å². The number of rotatable bonds is 8. The van der Waals surface area contributed by atoms with Crippen molar-refractivity contribution in [2.45, 2.75) is 26.3 Å². The van der Waals surface area contributed by atoms with Gasteiger partial charge in [-0.2, -0.15) is 0 Å². The van der Waals surface area contributed by atoms with Crippen LogP contribution in [0.3, 0.4) is 0 Å². The summed E-state index contributed by atoms with van der Waals surface area (Å²) in [5.74, 6) is -0.644. The lowest BCUT2D eigenvalue weighted by Gasteiger charge is -2.35. The summed E-state index contributed by atoms with van der Waals surface area (Å²) in [5, 5.41) is 6.64. The second-order valence-electron chi connectivity index (χ2n) is 7.70. The summed E-state index contributed by atoms with van der Waals surface area (Å²) >= 11 is 5.45. The fraction of sp³-hybridized carbons (Fsp3) is 0.320. The number of nitrogens with zero attached hydrogens (tertiary/aromatic N) is 1. The van der Waals surface area contributed by atoms with Gasteiger partial charge in [-0.15, -0.1) is 0 Å². The predicted octanol–water partition coefficient (Wildman–Crippen LogP) is 3.83. The van der Waals surface area contributed by atoms with Gasteiger partial charge < -0.3 is 25.0 Å². The third kappa shape index (κ3) is 5.77. The molecule has 0 aromatic heterocycles. The number of aryl methyl sites for hydroxylation is 1. The van der Waals surface area contributed by atoms with Crippen LogP contribution in [0.4, 0.5) is 5.69 Å². The maximum absolute atomic E-state index is 12.9. The average molecular weight is 468 g/mol. The summed E-state index contributed by atoms with van der Waals surface area (Å²) in [6.45, 7) is 4.37. The van der Waals surface area contributed by atoms with Crippen LogP contribution in [0.25, 0.3) is 0 Å². The largest absolute Gasteiger partial charge is 0.460 e. The second kappa shape index (κ2) is 11.1. The van der Waals surface area contributed by atoms with Crippen molar-refractivity contribution >= 4 is 34.9 Å². The van der Waals surface area contributed by atoms with Gasteiger partial charge in [-0.3, -0.25) is 4.79 Å². The molecule has 0 radical (unpaired) electrons. The van der Waals surface area contributed by atoms with Gasteiger partial charge in [-0.05, 0) is 61.0 Å². The molecule has 1 aliphatic rings. The number of esters is 1. The molecule has 0 unspecified atom stereocenters. The lowest BCUT2D eigenvalue weighted by Crippen LogP contribution is -2.46. The Labute approximate surface area is 199 Å². The van der Waals surface area contributed by atoms with Crippen LogP contribution in [0.15, 0.2) is 59.8 Å². The van der Waals surface area contributed by atoms with E-state index in [0.717, 1.165) is 12.0 Å². The van der Waals surface area contributed by atoms with E-state index in [1.165, 1.54) is 5.56 Å². The molecule has 0 fully saturated rings. The zero-order chi connectivity index (χ0) is 24.0. The van der Waals surface area contributed by atoms with Gasteiger partial charge in [0.25, 0.3) is 5.91 Å². The lowest BCUT2D eigenvalue weighted by atomic mass is 9.94. The number of thiocarbonyl (C=S) groups is 1. The van der Waals surface area contributed by atoms with Crippen LogP contribution in [-0.4, -0.2) is 49.3 Å². The molecule has 7 nitrogen and oxygen atoms in total. The molecule has 0 saturated heterocycles. The Balaban J connectivity index is 1.86. The second-order valence-corrected chi connectivity index (χ2v) is 8.09. The molecule has 1 atom stereocenters. The van der Waals surface area contributed by atoms with Crippen LogP contribution in [0.2, 0.25) is 0 Å². The first kappa shape index (κ1) is 24.4. The molecule has 1 aliphatic heterocycles. The topological polar surface area (TPSA) is 79.9 Å². The highest BCUT2D eigenvalue weighted by Crippen LogP contribution is 2.32. The Morgan fingerprint density at radius 1 is 1.15 bits per heavy atom. The minimum Gasteiger partial charge on any atom is -0.460 e. The van der Waals surface area contributed by atoms with Crippen LogP contribution in [0.1, 0.15) is 41.4 Å². The monoisotopic (exact) mass is 467 g/mol. The molecule has 2 aromatic carbocycles. The summed E-state index contributed by atoms with van der Waals surface area (Å²) in [6.07, 6.45) is 0.915. The molecule has 0 aliphatic carbocycles. The molecule has 174 valence electrons. The standard InChI is InChI=1S/C25H29N3O4S/c1-5-17-9-11-18(12-10-17)23(29)26-20-8-6-7-19(15-20)22-21(24(30)32-14-13-31-4)16(2)28(3)25(33)27-22/h6-12,15,22H,5,13-14H2,1-4H3,(H,26,29)(H,27,33)/t22-/m1/s1. The van der Waals surface area contributed by atoms with E-state index in [1.807, 2.05) is 55.5 Å². The Morgan fingerprint density at radius 3 is 2.55 bits per heavy atom.